The molecule has 2 atom stereocenters. The van der Waals surface area contributed by atoms with Gasteiger partial charge in [0.15, 0.2) is 0 Å². The van der Waals surface area contributed by atoms with E-state index < -0.39 is 0 Å². The van der Waals surface area contributed by atoms with Gasteiger partial charge in [0.25, 0.3) is 0 Å². The van der Waals surface area contributed by atoms with Crippen molar-refractivity contribution in [3.63, 3.8) is 0 Å². The number of methoxy groups -OCH3 is 1. The van der Waals surface area contributed by atoms with E-state index >= 15 is 0 Å². The lowest BCUT2D eigenvalue weighted by Crippen LogP contribution is -2.48. The molecule has 0 aliphatic heterocycles. The van der Waals surface area contributed by atoms with Crippen molar-refractivity contribution in [2.45, 2.75) is 19.0 Å². The fourth-order valence-corrected chi connectivity index (χ4v) is 1.36. The molecule has 0 aromatic heterocycles. The maximum absolute atomic E-state index is 11.6. The molecule has 2 unspecified atom stereocenters. The molecule has 0 saturated heterocycles. The van der Waals surface area contributed by atoms with E-state index in [2.05, 4.69) is 0 Å². The third-order valence-electron chi connectivity index (χ3n) is 2.36. The highest BCUT2D eigenvalue weighted by atomic mass is 16.5. The maximum Gasteiger partial charge on any atom is 0.239 e. The molecule has 5 nitrogen and oxygen atoms in total. The summed E-state index contributed by atoms with van der Waals surface area (Å²) in [6, 6.07) is -0.208. The molecule has 0 aliphatic carbocycles. The molecule has 1 amide bonds. The lowest BCUT2D eigenvalue weighted by molar-refractivity contribution is -0.133. The van der Waals surface area contributed by atoms with Crippen molar-refractivity contribution in [2.75, 3.05) is 41.4 Å². The zero-order valence-corrected chi connectivity index (χ0v) is 10.4. The Kier molecular flexibility index (Phi) is 6.47. The molecule has 0 saturated carbocycles. The molecule has 0 heterocycles. The van der Waals surface area contributed by atoms with E-state index in [4.69, 9.17) is 10.5 Å². The lowest BCUT2D eigenvalue weighted by Gasteiger charge is -2.28. The molecule has 0 spiro atoms. The van der Waals surface area contributed by atoms with E-state index in [1.54, 1.807) is 26.1 Å². The van der Waals surface area contributed by atoms with E-state index in [9.17, 15) is 4.79 Å². The summed E-state index contributed by atoms with van der Waals surface area (Å²) in [6.07, 6.45) is 0. The summed E-state index contributed by atoms with van der Waals surface area (Å²) in [5.74, 6) is 0.0853. The second kappa shape index (κ2) is 6.76. The fraction of sp³-hybridized carbons (Fsp3) is 0.900. The highest BCUT2D eigenvalue weighted by molar-refractivity contribution is 5.80. The molecule has 0 fully saturated rings. The van der Waals surface area contributed by atoms with E-state index in [1.165, 1.54) is 0 Å². The molecular weight excluding hydrogens is 194 g/mol. The summed E-state index contributed by atoms with van der Waals surface area (Å²) in [6.45, 7) is 3.03. The number of nitrogens with zero attached hydrogens (tertiary/aromatic N) is 2. The molecule has 2 N–H and O–H groups in total. The van der Waals surface area contributed by atoms with Gasteiger partial charge in [-0.3, -0.25) is 9.69 Å². The number of carbonyl (C=O) groups is 1. The van der Waals surface area contributed by atoms with Crippen LogP contribution in [0, 0.1) is 0 Å². The second-order valence-electron chi connectivity index (χ2n) is 4.06. The van der Waals surface area contributed by atoms with Gasteiger partial charge in [-0.15, -0.1) is 0 Å². The van der Waals surface area contributed by atoms with Crippen molar-refractivity contribution >= 4 is 5.91 Å². The Bertz CT molecular complexity index is 197. The van der Waals surface area contributed by atoms with Crippen LogP contribution in [0.4, 0.5) is 0 Å². The topological polar surface area (TPSA) is 58.8 Å². The van der Waals surface area contributed by atoms with Crippen LogP contribution in [-0.2, 0) is 9.53 Å². The number of hydrogen-bond acceptors (Lipinski definition) is 4. The van der Waals surface area contributed by atoms with Crippen molar-refractivity contribution in [3.05, 3.63) is 0 Å². The van der Waals surface area contributed by atoms with Gasteiger partial charge in [-0.25, -0.2) is 0 Å². The molecule has 0 aliphatic rings. The first-order valence-corrected chi connectivity index (χ1v) is 5.06. The molecule has 0 aromatic carbocycles. The highest BCUT2D eigenvalue weighted by Gasteiger charge is 2.20. The van der Waals surface area contributed by atoms with Gasteiger partial charge in [-0.2, -0.15) is 0 Å². The molecule has 15 heavy (non-hydrogen) atoms. The van der Waals surface area contributed by atoms with Gasteiger partial charge in [0.2, 0.25) is 5.91 Å². The summed E-state index contributed by atoms with van der Waals surface area (Å²) in [5, 5.41) is 0. The van der Waals surface area contributed by atoms with Crippen molar-refractivity contribution < 1.29 is 9.53 Å². The highest BCUT2D eigenvalue weighted by Crippen LogP contribution is 2.00. The Balaban J connectivity index is 4.08. The molecule has 5 heteroatoms. The third-order valence-corrected chi connectivity index (χ3v) is 2.36. The number of likely N-dealkylation sites (N-methyl/N-ethyl adjacent to an activating group) is 2. The first kappa shape index (κ1) is 14.3. The number of hydrogen-bond donors (Lipinski definition) is 1. The minimum Gasteiger partial charge on any atom is -0.383 e. The third kappa shape index (κ3) is 5.11. The van der Waals surface area contributed by atoms with Crippen LogP contribution in [-0.4, -0.2) is 69.2 Å². The maximum atomic E-state index is 11.6. The summed E-state index contributed by atoms with van der Waals surface area (Å²) >= 11 is 0. The Morgan fingerprint density at radius 2 is 1.93 bits per heavy atom. The van der Waals surface area contributed by atoms with Gasteiger partial charge >= 0.3 is 0 Å². The summed E-state index contributed by atoms with van der Waals surface area (Å²) in [5.41, 5.74) is 5.81. The monoisotopic (exact) mass is 217 g/mol. The average molecular weight is 217 g/mol. The van der Waals surface area contributed by atoms with Gasteiger partial charge < -0.3 is 15.4 Å². The van der Waals surface area contributed by atoms with Gasteiger partial charge in [0, 0.05) is 33.8 Å². The van der Waals surface area contributed by atoms with Crippen molar-refractivity contribution in [2.24, 2.45) is 5.73 Å². The second-order valence-corrected chi connectivity index (χ2v) is 4.06. The Morgan fingerprint density at radius 1 is 1.40 bits per heavy atom. The van der Waals surface area contributed by atoms with Crippen LogP contribution in [0.25, 0.3) is 0 Å². The number of ether oxygens (including phenoxy) is 1. The SMILES string of the molecule is COCC(N)CN(C)C(C)C(=O)N(C)C. The van der Waals surface area contributed by atoms with Crippen LogP contribution >= 0.6 is 0 Å². The predicted molar refractivity (Wildman–Crippen MR) is 60.6 cm³/mol. The van der Waals surface area contributed by atoms with Gasteiger partial charge in [0.05, 0.1) is 12.6 Å². The van der Waals surface area contributed by atoms with Crippen molar-refractivity contribution in [1.82, 2.24) is 9.80 Å². The van der Waals surface area contributed by atoms with Crippen molar-refractivity contribution in [3.8, 4) is 0 Å². The van der Waals surface area contributed by atoms with E-state index in [0.29, 0.717) is 13.2 Å². The van der Waals surface area contributed by atoms with Crippen LogP contribution in [0.2, 0.25) is 0 Å². The Hall–Kier alpha value is -0.650. The van der Waals surface area contributed by atoms with Gasteiger partial charge in [-0.05, 0) is 14.0 Å². The predicted octanol–water partition coefficient (Wildman–Crippen LogP) is -0.631. The lowest BCUT2D eigenvalue weighted by atomic mass is 10.2. The van der Waals surface area contributed by atoms with Gasteiger partial charge in [0.1, 0.15) is 0 Å². The normalized spacial score (nSPS) is 15.1. The zero-order valence-electron chi connectivity index (χ0n) is 10.4. The number of amides is 1. The fourth-order valence-electron chi connectivity index (χ4n) is 1.36. The molecule has 0 rings (SSSR count). The first-order chi connectivity index (χ1) is 6.90. The van der Waals surface area contributed by atoms with Crippen LogP contribution in [0.5, 0.6) is 0 Å². The molecule has 0 radical (unpaired) electrons. The van der Waals surface area contributed by atoms with Gasteiger partial charge in [-0.1, -0.05) is 0 Å². The minimum atomic E-state index is -0.150. The van der Waals surface area contributed by atoms with Crippen LogP contribution in [0.1, 0.15) is 6.92 Å². The minimum absolute atomic E-state index is 0.0580. The average Bonchev–Trinajstić information content (AvgIpc) is 2.15. The quantitative estimate of drug-likeness (QED) is 0.643. The van der Waals surface area contributed by atoms with Crippen LogP contribution in [0.15, 0.2) is 0 Å². The van der Waals surface area contributed by atoms with E-state index in [1.807, 2.05) is 18.9 Å². The largest absolute Gasteiger partial charge is 0.383 e. The first-order valence-electron chi connectivity index (χ1n) is 5.06. The summed E-state index contributed by atoms with van der Waals surface area (Å²) in [4.78, 5) is 15.2. The van der Waals surface area contributed by atoms with Crippen LogP contribution in [0.3, 0.4) is 0 Å². The Morgan fingerprint density at radius 3 is 2.33 bits per heavy atom. The number of carbonyl (C=O) groups excluding carboxylic acids is 1. The van der Waals surface area contributed by atoms with E-state index in [0.717, 1.165) is 0 Å². The Labute approximate surface area is 92.2 Å². The van der Waals surface area contributed by atoms with E-state index in [-0.39, 0.29) is 18.0 Å². The molecule has 0 bridgehead atoms. The van der Waals surface area contributed by atoms with Crippen molar-refractivity contribution in [1.29, 1.82) is 0 Å². The summed E-state index contributed by atoms with van der Waals surface area (Å²) < 4.78 is 4.95. The number of nitrogens with two attached hydrogens (primary N) is 1. The standard InChI is InChI=1S/C10H23N3O2/c1-8(10(14)12(2)3)13(4)6-9(11)7-15-5/h8-9H,6-7,11H2,1-5H3. The van der Waals surface area contributed by atoms with Crippen LogP contribution < -0.4 is 5.73 Å². The summed E-state index contributed by atoms with van der Waals surface area (Å²) in [7, 11) is 7.01. The molecule has 90 valence electrons. The zero-order chi connectivity index (χ0) is 12.0. The smallest absolute Gasteiger partial charge is 0.239 e. The molecule has 0 aromatic rings. The molecular formula is C10H23N3O2. The number of rotatable bonds is 6.